The SMILES string of the molecule is COc1ccc(/C=C/C(=O)c2ccc(Cl)cc2Cl)cc1COc1ccc(Cl)c(C)c1. The summed E-state index contributed by atoms with van der Waals surface area (Å²) in [4.78, 5) is 12.5. The highest BCUT2D eigenvalue weighted by molar-refractivity contribution is 6.37. The monoisotopic (exact) mass is 460 g/mol. The quantitative estimate of drug-likeness (QED) is 0.271. The van der Waals surface area contributed by atoms with Gasteiger partial charge in [0.25, 0.3) is 0 Å². The second-order valence-corrected chi connectivity index (χ2v) is 7.84. The highest BCUT2D eigenvalue weighted by Gasteiger charge is 2.09. The van der Waals surface area contributed by atoms with E-state index in [9.17, 15) is 4.79 Å². The van der Waals surface area contributed by atoms with Crippen molar-refractivity contribution in [1.82, 2.24) is 0 Å². The fraction of sp³-hybridized carbons (Fsp3) is 0.125. The second kappa shape index (κ2) is 10.0. The number of hydrogen-bond acceptors (Lipinski definition) is 3. The van der Waals surface area contributed by atoms with Gasteiger partial charge in [-0.2, -0.15) is 0 Å². The number of allylic oxidation sites excluding steroid dienone is 1. The molecule has 0 saturated heterocycles. The summed E-state index contributed by atoms with van der Waals surface area (Å²) in [7, 11) is 1.60. The number of methoxy groups -OCH3 is 1. The number of ether oxygens (including phenoxy) is 2. The zero-order valence-electron chi connectivity index (χ0n) is 16.4. The van der Waals surface area contributed by atoms with Gasteiger partial charge in [-0.25, -0.2) is 0 Å². The summed E-state index contributed by atoms with van der Waals surface area (Å²) in [6, 6.07) is 15.9. The van der Waals surface area contributed by atoms with Gasteiger partial charge in [0, 0.05) is 21.2 Å². The summed E-state index contributed by atoms with van der Waals surface area (Å²) in [5.74, 6) is 1.21. The molecule has 30 heavy (non-hydrogen) atoms. The van der Waals surface area contributed by atoms with E-state index in [4.69, 9.17) is 44.3 Å². The van der Waals surface area contributed by atoms with Crippen LogP contribution in [0.3, 0.4) is 0 Å². The molecule has 3 rings (SSSR count). The lowest BCUT2D eigenvalue weighted by molar-refractivity contribution is 0.104. The Morgan fingerprint density at radius 3 is 2.47 bits per heavy atom. The van der Waals surface area contributed by atoms with Crippen LogP contribution >= 0.6 is 34.8 Å². The Hall–Kier alpha value is -2.46. The first-order valence-electron chi connectivity index (χ1n) is 9.10. The molecule has 0 aliphatic carbocycles. The number of halogens is 3. The molecule has 0 amide bonds. The average molecular weight is 462 g/mol. The molecular formula is C24H19Cl3O3. The van der Waals surface area contributed by atoms with Crippen molar-refractivity contribution in [2.75, 3.05) is 7.11 Å². The summed E-state index contributed by atoms with van der Waals surface area (Å²) >= 11 is 18.1. The van der Waals surface area contributed by atoms with Crippen LogP contribution in [0.1, 0.15) is 27.0 Å². The van der Waals surface area contributed by atoms with E-state index >= 15 is 0 Å². The van der Waals surface area contributed by atoms with Crippen molar-refractivity contribution in [3.05, 3.63) is 98.0 Å². The molecule has 0 radical (unpaired) electrons. The Labute approximate surface area is 190 Å². The molecule has 3 nitrogen and oxygen atoms in total. The molecule has 0 bridgehead atoms. The first-order valence-corrected chi connectivity index (χ1v) is 10.2. The number of benzene rings is 3. The van der Waals surface area contributed by atoms with Gasteiger partial charge in [-0.05, 0) is 72.7 Å². The van der Waals surface area contributed by atoms with Crippen LogP contribution in [0.15, 0.2) is 60.7 Å². The standard InChI is InChI=1S/C24H19Cl3O3/c1-15-11-19(6-8-21(15)26)30-14-17-12-16(4-10-24(17)29-2)3-9-23(28)20-7-5-18(25)13-22(20)27/h3-13H,14H2,1-2H3/b9-3+. The molecule has 0 aliphatic heterocycles. The Bertz CT molecular complexity index is 1110. The van der Waals surface area contributed by atoms with Crippen LogP contribution in [0.5, 0.6) is 11.5 Å². The molecule has 3 aromatic rings. The van der Waals surface area contributed by atoms with Gasteiger partial charge >= 0.3 is 0 Å². The maximum absolute atomic E-state index is 12.5. The lowest BCUT2D eigenvalue weighted by Crippen LogP contribution is -2.00. The summed E-state index contributed by atoms with van der Waals surface area (Å²) < 4.78 is 11.3. The van der Waals surface area contributed by atoms with E-state index in [1.165, 1.54) is 6.08 Å². The van der Waals surface area contributed by atoms with Crippen molar-refractivity contribution in [3.63, 3.8) is 0 Å². The molecule has 0 atom stereocenters. The lowest BCUT2D eigenvalue weighted by Gasteiger charge is -2.12. The fourth-order valence-corrected chi connectivity index (χ4v) is 3.45. The third-order valence-electron chi connectivity index (χ3n) is 4.45. The van der Waals surface area contributed by atoms with Crippen molar-refractivity contribution in [2.24, 2.45) is 0 Å². The molecule has 154 valence electrons. The van der Waals surface area contributed by atoms with Gasteiger partial charge in [0.05, 0.1) is 12.1 Å². The van der Waals surface area contributed by atoms with Crippen LogP contribution in [0, 0.1) is 6.92 Å². The fourth-order valence-electron chi connectivity index (χ4n) is 2.83. The summed E-state index contributed by atoms with van der Waals surface area (Å²) in [5, 5.41) is 1.49. The highest BCUT2D eigenvalue weighted by Crippen LogP contribution is 2.26. The van der Waals surface area contributed by atoms with Crippen LogP contribution in [0.25, 0.3) is 6.08 Å². The predicted octanol–water partition coefficient (Wildman–Crippen LogP) is 7.44. The third kappa shape index (κ3) is 5.57. The van der Waals surface area contributed by atoms with E-state index in [1.54, 1.807) is 37.5 Å². The van der Waals surface area contributed by atoms with Gasteiger partial charge in [-0.3, -0.25) is 4.79 Å². The van der Waals surface area contributed by atoms with Gasteiger partial charge < -0.3 is 9.47 Å². The summed E-state index contributed by atoms with van der Waals surface area (Å²) in [6.45, 7) is 2.23. The molecular weight excluding hydrogens is 443 g/mol. The molecule has 0 fully saturated rings. The summed E-state index contributed by atoms with van der Waals surface area (Å²) in [5.41, 5.74) is 3.02. The van der Waals surface area contributed by atoms with Crippen LogP contribution in [0.4, 0.5) is 0 Å². The highest BCUT2D eigenvalue weighted by atomic mass is 35.5. The van der Waals surface area contributed by atoms with Gasteiger partial charge in [-0.1, -0.05) is 46.9 Å². The van der Waals surface area contributed by atoms with Crippen LogP contribution < -0.4 is 9.47 Å². The minimum atomic E-state index is -0.207. The summed E-state index contributed by atoms with van der Waals surface area (Å²) in [6.07, 6.45) is 3.20. The Morgan fingerprint density at radius 1 is 0.967 bits per heavy atom. The largest absolute Gasteiger partial charge is 0.496 e. The van der Waals surface area contributed by atoms with E-state index in [1.807, 2.05) is 37.3 Å². The van der Waals surface area contributed by atoms with Crippen LogP contribution in [0.2, 0.25) is 15.1 Å². The molecule has 0 unspecified atom stereocenters. The van der Waals surface area contributed by atoms with E-state index < -0.39 is 0 Å². The molecule has 0 saturated carbocycles. The smallest absolute Gasteiger partial charge is 0.187 e. The molecule has 0 aromatic heterocycles. The minimum Gasteiger partial charge on any atom is -0.496 e. The molecule has 0 N–H and O–H groups in total. The molecule has 6 heteroatoms. The average Bonchev–Trinajstić information content (AvgIpc) is 2.73. The Kier molecular flexibility index (Phi) is 7.43. The normalized spacial score (nSPS) is 11.0. The Balaban J connectivity index is 1.77. The number of aryl methyl sites for hydroxylation is 1. The zero-order valence-corrected chi connectivity index (χ0v) is 18.7. The van der Waals surface area contributed by atoms with Crippen molar-refractivity contribution in [1.29, 1.82) is 0 Å². The van der Waals surface area contributed by atoms with Gasteiger partial charge in [0.2, 0.25) is 0 Å². The van der Waals surface area contributed by atoms with Crippen molar-refractivity contribution in [2.45, 2.75) is 13.5 Å². The van der Waals surface area contributed by atoms with Gasteiger partial charge in [0.15, 0.2) is 5.78 Å². The van der Waals surface area contributed by atoms with Crippen LogP contribution in [-0.2, 0) is 6.61 Å². The van der Waals surface area contributed by atoms with Gasteiger partial charge in [0.1, 0.15) is 18.1 Å². The van der Waals surface area contributed by atoms with Crippen molar-refractivity contribution >= 4 is 46.7 Å². The first-order chi connectivity index (χ1) is 14.4. The number of ketones is 1. The molecule has 0 aliphatic rings. The van der Waals surface area contributed by atoms with Gasteiger partial charge in [-0.15, -0.1) is 0 Å². The number of carbonyl (C=O) groups is 1. The number of rotatable bonds is 7. The maximum Gasteiger partial charge on any atom is 0.187 e. The molecule has 0 heterocycles. The lowest BCUT2D eigenvalue weighted by atomic mass is 10.1. The minimum absolute atomic E-state index is 0.207. The first kappa shape index (κ1) is 22.2. The Morgan fingerprint density at radius 2 is 1.77 bits per heavy atom. The van der Waals surface area contributed by atoms with E-state index in [-0.39, 0.29) is 5.78 Å². The van der Waals surface area contributed by atoms with E-state index in [0.717, 1.165) is 16.7 Å². The topological polar surface area (TPSA) is 35.5 Å². The second-order valence-electron chi connectivity index (χ2n) is 6.59. The predicted molar refractivity (Wildman–Crippen MR) is 123 cm³/mol. The third-order valence-corrected chi connectivity index (χ3v) is 5.42. The molecule has 0 spiro atoms. The van der Waals surface area contributed by atoms with E-state index in [2.05, 4.69) is 0 Å². The maximum atomic E-state index is 12.5. The number of carbonyl (C=O) groups excluding carboxylic acids is 1. The number of hydrogen-bond donors (Lipinski definition) is 0. The zero-order chi connectivity index (χ0) is 21.7. The van der Waals surface area contributed by atoms with Crippen molar-refractivity contribution < 1.29 is 14.3 Å². The van der Waals surface area contributed by atoms with Crippen molar-refractivity contribution in [3.8, 4) is 11.5 Å². The van der Waals surface area contributed by atoms with E-state index in [0.29, 0.717) is 38.7 Å². The van der Waals surface area contributed by atoms with Crippen LogP contribution in [-0.4, -0.2) is 12.9 Å². The molecule has 3 aromatic carbocycles.